The molecule has 2 aromatic heterocycles. The molecule has 0 aliphatic rings. The fourth-order valence-corrected chi connectivity index (χ4v) is 3.20. The number of methoxy groups -OCH3 is 1. The van der Waals surface area contributed by atoms with Crippen LogP contribution in [0.4, 0.5) is 0 Å². The van der Waals surface area contributed by atoms with Gasteiger partial charge in [-0.05, 0) is 31.2 Å². The lowest BCUT2D eigenvalue weighted by Crippen LogP contribution is -2.13. The lowest BCUT2D eigenvalue weighted by atomic mass is 10.1. The number of ketones is 1. The summed E-state index contributed by atoms with van der Waals surface area (Å²) in [4.78, 5) is 21.1. The van der Waals surface area contributed by atoms with Gasteiger partial charge in [-0.2, -0.15) is 5.10 Å². The number of ether oxygens (including phenoxy) is 1. The molecule has 2 heterocycles. The van der Waals surface area contributed by atoms with E-state index in [1.54, 1.807) is 42.3 Å². The molecule has 7 heteroatoms. The molecule has 0 fully saturated rings. The van der Waals surface area contributed by atoms with Crippen molar-refractivity contribution < 1.29 is 9.53 Å². The van der Waals surface area contributed by atoms with Crippen LogP contribution in [0.15, 0.2) is 41.8 Å². The number of carbonyl (C=O) groups is 1. The van der Waals surface area contributed by atoms with Crippen LogP contribution in [0.5, 0.6) is 5.75 Å². The van der Waals surface area contributed by atoms with E-state index in [1.807, 2.05) is 14.0 Å². The van der Waals surface area contributed by atoms with E-state index >= 15 is 0 Å². The Balaban J connectivity index is 1.82. The number of nitrogens with zero attached hydrogens (tertiary/aromatic N) is 4. The van der Waals surface area contributed by atoms with Gasteiger partial charge in [-0.3, -0.25) is 9.48 Å². The first-order valence-electron chi connectivity index (χ1n) is 7.08. The van der Waals surface area contributed by atoms with Crippen molar-refractivity contribution in [3.8, 4) is 5.75 Å². The standard InChI is InChI=1S/C16H16N4O2S/c1-10(14(21)11-4-6-12(22-3)7-5-11)23-16-13-8-19-20(2)15(13)17-9-18-16/h4-10H,1-3H3/t10-/m0/s1. The molecule has 23 heavy (non-hydrogen) atoms. The molecule has 0 unspecified atom stereocenters. The van der Waals surface area contributed by atoms with Gasteiger partial charge >= 0.3 is 0 Å². The second kappa shape index (κ2) is 6.37. The summed E-state index contributed by atoms with van der Waals surface area (Å²) in [6.45, 7) is 1.88. The molecule has 0 bridgehead atoms. The largest absolute Gasteiger partial charge is 0.497 e. The molecule has 3 rings (SSSR count). The first-order valence-corrected chi connectivity index (χ1v) is 7.95. The zero-order valence-corrected chi connectivity index (χ0v) is 13.9. The third-order valence-corrected chi connectivity index (χ3v) is 4.64. The predicted molar refractivity (Wildman–Crippen MR) is 88.9 cm³/mol. The van der Waals surface area contributed by atoms with Crippen LogP contribution in [0.1, 0.15) is 17.3 Å². The van der Waals surface area contributed by atoms with Gasteiger partial charge in [-0.1, -0.05) is 11.8 Å². The van der Waals surface area contributed by atoms with Crippen LogP contribution >= 0.6 is 11.8 Å². The third kappa shape index (κ3) is 3.05. The zero-order valence-electron chi connectivity index (χ0n) is 13.1. The Morgan fingerprint density at radius 2 is 2.00 bits per heavy atom. The molecule has 3 aromatic rings. The summed E-state index contributed by atoms with van der Waals surface area (Å²) in [6, 6.07) is 7.12. The topological polar surface area (TPSA) is 69.9 Å². The van der Waals surface area contributed by atoms with Crippen molar-refractivity contribution in [3.05, 3.63) is 42.4 Å². The van der Waals surface area contributed by atoms with Crippen LogP contribution in [0.25, 0.3) is 11.0 Å². The normalized spacial score (nSPS) is 12.3. The lowest BCUT2D eigenvalue weighted by molar-refractivity contribution is 0.0994. The smallest absolute Gasteiger partial charge is 0.175 e. The van der Waals surface area contributed by atoms with Gasteiger partial charge < -0.3 is 4.74 Å². The number of Topliss-reactive ketones (excluding diaryl/α,β-unsaturated/α-hetero) is 1. The predicted octanol–water partition coefficient (Wildman–Crippen LogP) is 2.74. The number of aryl methyl sites for hydroxylation is 1. The van der Waals surface area contributed by atoms with Crippen LogP contribution in [0.3, 0.4) is 0 Å². The Labute approximate surface area is 137 Å². The Kier molecular flexibility index (Phi) is 4.29. The van der Waals surface area contributed by atoms with E-state index in [4.69, 9.17) is 4.74 Å². The Hall–Kier alpha value is -2.41. The monoisotopic (exact) mass is 328 g/mol. The van der Waals surface area contributed by atoms with Crippen LogP contribution in [0.2, 0.25) is 0 Å². The number of carbonyl (C=O) groups excluding carboxylic acids is 1. The maximum Gasteiger partial charge on any atom is 0.175 e. The Morgan fingerprint density at radius 3 is 2.70 bits per heavy atom. The highest BCUT2D eigenvalue weighted by Crippen LogP contribution is 2.29. The van der Waals surface area contributed by atoms with Gasteiger partial charge in [-0.25, -0.2) is 9.97 Å². The van der Waals surface area contributed by atoms with E-state index in [2.05, 4.69) is 15.1 Å². The van der Waals surface area contributed by atoms with E-state index in [0.717, 1.165) is 21.8 Å². The van der Waals surface area contributed by atoms with E-state index in [0.29, 0.717) is 5.56 Å². The number of thioether (sulfide) groups is 1. The van der Waals surface area contributed by atoms with Crippen molar-refractivity contribution in [1.82, 2.24) is 19.7 Å². The van der Waals surface area contributed by atoms with Crippen molar-refractivity contribution >= 4 is 28.6 Å². The summed E-state index contributed by atoms with van der Waals surface area (Å²) in [5.41, 5.74) is 1.41. The van der Waals surface area contributed by atoms with Gasteiger partial charge in [0.25, 0.3) is 0 Å². The highest BCUT2D eigenvalue weighted by Gasteiger charge is 2.19. The SMILES string of the molecule is COc1ccc(C(=O)[C@H](C)Sc2ncnc3c2cnn3C)cc1. The second-order valence-corrected chi connectivity index (χ2v) is 6.37. The molecule has 0 spiro atoms. The molecule has 0 aliphatic heterocycles. The molecule has 0 N–H and O–H groups in total. The summed E-state index contributed by atoms with van der Waals surface area (Å²) < 4.78 is 6.80. The lowest BCUT2D eigenvalue weighted by Gasteiger charge is -2.10. The first-order chi connectivity index (χ1) is 11.1. The van der Waals surface area contributed by atoms with Gasteiger partial charge in [0.05, 0.1) is 23.9 Å². The van der Waals surface area contributed by atoms with Crippen molar-refractivity contribution in [2.75, 3.05) is 7.11 Å². The molecule has 1 aromatic carbocycles. The molecular formula is C16H16N4O2S. The third-order valence-electron chi connectivity index (χ3n) is 3.53. The highest BCUT2D eigenvalue weighted by molar-refractivity contribution is 8.00. The summed E-state index contributed by atoms with van der Waals surface area (Å²) in [7, 11) is 3.43. The van der Waals surface area contributed by atoms with Crippen LogP contribution in [0, 0.1) is 0 Å². The minimum Gasteiger partial charge on any atom is -0.497 e. The number of hydrogen-bond acceptors (Lipinski definition) is 6. The van der Waals surface area contributed by atoms with Gasteiger partial charge in [0, 0.05) is 12.6 Å². The van der Waals surface area contributed by atoms with Crippen LogP contribution in [-0.4, -0.2) is 37.9 Å². The summed E-state index contributed by atoms with van der Waals surface area (Å²) in [5.74, 6) is 0.781. The second-order valence-electron chi connectivity index (χ2n) is 5.04. The van der Waals surface area contributed by atoms with Crippen molar-refractivity contribution in [1.29, 1.82) is 0 Å². The molecule has 6 nitrogen and oxygen atoms in total. The van der Waals surface area contributed by atoms with Crippen molar-refractivity contribution in [2.45, 2.75) is 17.2 Å². The average Bonchev–Trinajstić information content (AvgIpc) is 2.97. The molecule has 0 saturated heterocycles. The van der Waals surface area contributed by atoms with Crippen LogP contribution in [-0.2, 0) is 7.05 Å². The number of fused-ring (bicyclic) bond motifs is 1. The van der Waals surface area contributed by atoms with E-state index in [1.165, 1.54) is 18.1 Å². The minimum absolute atomic E-state index is 0.0494. The maximum absolute atomic E-state index is 12.6. The maximum atomic E-state index is 12.6. The number of hydrogen-bond donors (Lipinski definition) is 0. The highest BCUT2D eigenvalue weighted by atomic mass is 32.2. The molecule has 1 atom stereocenters. The van der Waals surface area contributed by atoms with E-state index in [-0.39, 0.29) is 11.0 Å². The number of benzene rings is 1. The molecule has 0 saturated carbocycles. The van der Waals surface area contributed by atoms with E-state index in [9.17, 15) is 4.79 Å². The summed E-state index contributed by atoms with van der Waals surface area (Å²) in [5, 5.41) is 5.54. The molecule has 0 amide bonds. The molecule has 0 aliphatic carbocycles. The Morgan fingerprint density at radius 1 is 1.26 bits per heavy atom. The van der Waals surface area contributed by atoms with Crippen LogP contribution < -0.4 is 4.74 Å². The van der Waals surface area contributed by atoms with Gasteiger partial charge in [0.15, 0.2) is 11.4 Å². The quantitative estimate of drug-likeness (QED) is 0.407. The minimum atomic E-state index is -0.262. The zero-order chi connectivity index (χ0) is 16.4. The van der Waals surface area contributed by atoms with E-state index < -0.39 is 0 Å². The average molecular weight is 328 g/mol. The van der Waals surface area contributed by atoms with Crippen molar-refractivity contribution in [3.63, 3.8) is 0 Å². The summed E-state index contributed by atoms with van der Waals surface area (Å²) in [6.07, 6.45) is 3.22. The summed E-state index contributed by atoms with van der Waals surface area (Å²) >= 11 is 1.41. The van der Waals surface area contributed by atoms with Gasteiger partial charge in [0.1, 0.15) is 17.1 Å². The first kappa shape index (κ1) is 15.5. The molecule has 118 valence electrons. The van der Waals surface area contributed by atoms with Crippen molar-refractivity contribution in [2.24, 2.45) is 7.05 Å². The molecule has 0 radical (unpaired) electrons. The molecular weight excluding hydrogens is 312 g/mol. The fraction of sp³-hybridized carbons (Fsp3) is 0.250. The van der Waals surface area contributed by atoms with Gasteiger partial charge in [0.2, 0.25) is 0 Å². The van der Waals surface area contributed by atoms with Gasteiger partial charge in [-0.15, -0.1) is 0 Å². The Bertz CT molecular complexity index is 845. The number of aromatic nitrogens is 4. The fourth-order valence-electron chi connectivity index (χ4n) is 2.25. The number of rotatable bonds is 5.